The summed E-state index contributed by atoms with van der Waals surface area (Å²) < 4.78 is 1.95. The molecular weight excluding hydrogens is 228 g/mol. The second-order valence-electron chi connectivity index (χ2n) is 3.77. The Hall–Kier alpha value is -2.69. The van der Waals surface area contributed by atoms with Gasteiger partial charge in [-0.3, -0.25) is 9.36 Å². The van der Waals surface area contributed by atoms with E-state index in [0.29, 0.717) is 12.1 Å². The molecule has 5 heteroatoms. The van der Waals surface area contributed by atoms with Crippen LogP contribution < -0.4 is 5.32 Å². The van der Waals surface area contributed by atoms with Gasteiger partial charge in [-0.15, -0.1) is 0 Å². The third-order valence-corrected chi connectivity index (χ3v) is 2.69. The molecule has 1 aromatic carbocycles. The predicted octanol–water partition coefficient (Wildman–Crippen LogP) is 1.99. The number of fused-ring (bicyclic) bond motifs is 1. The Bertz CT molecular complexity index is 688. The molecule has 0 saturated carbocycles. The van der Waals surface area contributed by atoms with E-state index in [1.807, 2.05) is 41.0 Å². The van der Waals surface area contributed by atoms with Gasteiger partial charge < -0.3 is 5.32 Å². The van der Waals surface area contributed by atoms with Crippen LogP contribution in [0, 0.1) is 0 Å². The molecule has 3 aromatic rings. The Balaban J connectivity index is 2.06. The average molecular weight is 238 g/mol. The molecule has 0 radical (unpaired) electrons. The summed E-state index contributed by atoms with van der Waals surface area (Å²) in [5.41, 5.74) is 3.40. The minimum Gasteiger partial charge on any atom is -0.329 e. The third kappa shape index (κ3) is 1.71. The van der Waals surface area contributed by atoms with Gasteiger partial charge in [0.05, 0.1) is 5.52 Å². The van der Waals surface area contributed by atoms with E-state index in [4.69, 9.17) is 0 Å². The van der Waals surface area contributed by atoms with Crippen molar-refractivity contribution in [1.82, 2.24) is 14.5 Å². The first kappa shape index (κ1) is 10.5. The number of aromatic nitrogens is 3. The van der Waals surface area contributed by atoms with Crippen LogP contribution in [0.1, 0.15) is 0 Å². The second kappa shape index (κ2) is 4.29. The minimum absolute atomic E-state index is 0.658. The van der Waals surface area contributed by atoms with Gasteiger partial charge in [-0.05, 0) is 36.4 Å². The first-order valence-corrected chi connectivity index (χ1v) is 5.47. The van der Waals surface area contributed by atoms with Gasteiger partial charge in [-0.25, -0.2) is 9.97 Å². The average Bonchev–Trinajstić information content (AvgIpc) is 2.84. The third-order valence-electron chi connectivity index (χ3n) is 2.69. The van der Waals surface area contributed by atoms with Crippen LogP contribution >= 0.6 is 0 Å². The first-order valence-electron chi connectivity index (χ1n) is 5.47. The highest BCUT2D eigenvalue weighted by Crippen LogP contribution is 2.18. The smallest absolute Gasteiger partial charge is 0.211 e. The number of amides is 1. The molecule has 5 nitrogen and oxygen atoms in total. The molecule has 0 bridgehead atoms. The molecule has 18 heavy (non-hydrogen) atoms. The SMILES string of the molecule is O=CNc1ccc(-n2cnc3ncccc32)cc1. The molecule has 0 spiro atoms. The number of imidazole rings is 1. The van der Waals surface area contributed by atoms with Gasteiger partial charge in [0.1, 0.15) is 6.33 Å². The van der Waals surface area contributed by atoms with Crippen LogP contribution in [0.25, 0.3) is 16.9 Å². The van der Waals surface area contributed by atoms with Crippen molar-refractivity contribution in [2.45, 2.75) is 0 Å². The molecule has 1 N–H and O–H groups in total. The van der Waals surface area contributed by atoms with Crippen molar-refractivity contribution < 1.29 is 4.79 Å². The van der Waals surface area contributed by atoms with E-state index in [1.54, 1.807) is 12.5 Å². The van der Waals surface area contributed by atoms with Crippen LogP contribution in [-0.4, -0.2) is 20.9 Å². The van der Waals surface area contributed by atoms with Crippen molar-refractivity contribution in [1.29, 1.82) is 0 Å². The molecule has 0 fully saturated rings. The largest absolute Gasteiger partial charge is 0.329 e. The van der Waals surface area contributed by atoms with Crippen LogP contribution in [0.15, 0.2) is 48.9 Å². The quantitative estimate of drug-likeness (QED) is 0.710. The summed E-state index contributed by atoms with van der Waals surface area (Å²) in [4.78, 5) is 18.7. The Morgan fingerprint density at radius 3 is 2.72 bits per heavy atom. The van der Waals surface area contributed by atoms with E-state index in [0.717, 1.165) is 16.9 Å². The zero-order chi connectivity index (χ0) is 12.4. The highest BCUT2D eigenvalue weighted by atomic mass is 16.1. The van der Waals surface area contributed by atoms with Crippen LogP contribution in [0.4, 0.5) is 5.69 Å². The zero-order valence-corrected chi connectivity index (χ0v) is 9.45. The maximum atomic E-state index is 10.3. The molecule has 0 aliphatic rings. The number of hydrogen-bond donors (Lipinski definition) is 1. The highest BCUT2D eigenvalue weighted by Gasteiger charge is 2.04. The van der Waals surface area contributed by atoms with Gasteiger partial charge in [0.15, 0.2) is 5.65 Å². The molecule has 2 heterocycles. The summed E-state index contributed by atoms with van der Waals surface area (Å²) in [5, 5.41) is 2.60. The Labute approximate surface area is 103 Å². The van der Waals surface area contributed by atoms with Gasteiger partial charge in [-0.2, -0.15) is 0 Å². The zero-order valence-electron chi connectivity index (χ0n) is 9.45. The lowest BCUT2D eigenvalue weighted by Crippen LogP contribution is -1.95. The summed E-state index contributed by atoms with van der Waals surface area (Å²) in [5.74, 6) is 0. The number of hydrogen-bond acceptors (Lipinski definition) is 3. The normalized spacial score (nSPS) is 10.4. The maximum absolute atomic E-state index is 10.3. The lowest BCUT2D eigenvalue weighted by molar-refractivity contribution is -0.105. The maximum Gasteiger partial charge on any atom is 0.211 e. The van der Waals surface area contributed by atoms with Gasteiger partial charge in [0.2, 0.25) is 6.41 Å². The fourth-order valence-electron chi connectivity index (χ4n) is 1.84. The molecule has 3 rings (SSSR count). The van der Waals surface area contributed by atoms with Gasteiger partial charge in [0.25, 0.3) is 0 Å². The van der Waals surface area contributed by atoms with Gasteiger partial charge in [-0.1, -0.05) is 0 Å². The number of nitrogens with one attached hydrogen (secondary N) is 1. The molecule has 0 aliphatic heterocycles. The molecule has 1 amide bonds. The standard InChI is InChI=1S/C13H10N4O/c18-9-16-10-3-5-11(6-4-10)17-8-15-13-12(17)2-1-7-14-13/h1-9H,(H,16,18). The summed E-state index contributed by atoms with van der Waals surface area (Å²) in [6.07, 6.45) is 4.11. The molecule has 2 aromatic heterocycles. The minimum atomic E-state index is 0.658. The van der Waals surface area contributed by atoms with Crippen LogP contribution in [0.5, 0.6) is 0 Å². The fraction of sp³-hybridized carbons (Fsp3) is 0. The molecule has 0 saturated heterocycles. The summed E-state index contributed by atoms with van der Waals surface area (Å²) in [7, 11) is 0. The Kier molecular flexibility index (Phi) is 2.49. The monoisotopic (exact) mass is 238 g/mol. The van der Waals surface area contributed by atoms with E-state index in [2.05, 4.69) is 15.3 Å². The summed E-state index contributed by atoms with van der Waals surface area (Å²) in [6.45, 7) is 0. The van der Waals surface area contributed by atoms with E-state index >= 15 is 0 Å². The van der Waals surface area contributed by atoms with Crippen LogP contribution in [0.2, 0.25) is 0 Å². The van der Waals surface area contributed by atoms with Gasteiger partial charge in [0, 0.05) is 17.6 Å². The summed E-state index contributed by atoms with van der Waals surface area (Å²) >= 11 is 0. The number of rotatable bonds is 3. The molecule has 0 unspecified atom stereocenters. The van der Waals surface area contributed by atoms with Crippen molar-refractivity contribution >= 4 is 23.3 Å². The van der Waals surface area contributed by atoms with Crippen molar-refractivity contribution in [3.8, 4) is 5.69 Å². The lowest BCUT2D eigenvalue weighted by atomic mass is 10.2. The van der Waals surface area contributed by atoms with Crippen molar-refractivity contribution in [2.75, 3.05) is 5.32 Å². The number of nitrogens with zero attached hydrogens (tertiary/aromatic N) is 3. The molecule has 88 valence electrons. The van der Waals surface area contributed by atoms with Crippen molar-refractivity contribution in [3.63, 3.8) is 0 Å². The predicted molar refractivity (Wildman–Crippen MR) is 68.6 cm³/mol. The molecular formula is C13H10N4O. The highest BCUT2D eigenvalue weighted by molar-refractivity contribution is 5.74. The van der Waals surface area contributed by atoms with Crippen LogP contribution in [0.3, 0.4) is 0 Å². The van der Waals surface area contributed by atoms with E-state index in [1.165, 1.54) is 0 Å². The molecule has 0 aliphatic carbocycles. The Morgan fingerprint density at radius 1 is 1.11 bits per heavy atom. The first-order chi connectivity index (χ1) is 8.88. The van der Waals surface area contributed by atoms with E-state index < -0.39 is 0 Å². The topological polar surface area (TPSA) is 59.8 Å². The van der Waals surface area contributed by atoms with Crippen molar-refractivity contribution in [2.24, 2.45) is 0 Å². The summed E-state index contributed by atoms with van der Waals surface area (Å²) in [6, 6.07) is 11.4. The van der Waals surface area contributed by atoms with Crippen molar-refractivity contribution in [3.05, 3.63) is 48.9 Å². The molecule has 0 atom stereocenters. The lowest BCUT2D eigenvalue weighted by Gasteiger charge is -2.05. The van der Waals surface area contributed by atoms with Crippen LogP contribution in [-0.2, 0) is 4.79 Å². The number of carbonyl (C=O) groups excluding carboxylic acids is 1. The fourth-order valence-corrected chi connectivity index (χ4v) is 1.84. The Morgan fingerprint density at radius 2 is 1.94 bits per heavy atom. The number of carbonyl (C=O) groups is 1. The van der Waals surface area contributed by atoms with Gasteiger partial charge >= 0.3 is 0 Å². The number of anilines is 1. The second-order valence-corrected chi connectivity index (χ2v) is 3.77. The number of benzene rings is 1. The number of pyridine rings is 1. The van der Waals surface area contributed by atoms with E-state index in [9.17, 15) is 4.79 Å². The van der Waals surface area contributed by atoms with E-state index in [-0.39, 0.29) is 0 Å².